The molecule has 20 heavy (non-hydrogen) atoms. The second kappa shape index (κ2) is 7.75. The van der Waals surface area contributed by atoms with Gasteiger partial charge in [0.25, 0.3) is 0 Å². The first kappa shape index (κ1) is 16.3. The van der Waals surface area contributed by atoms with Crippen LogP contribution in [-0.2, 0) is 11.3 Å². The summed E-state index contributed by atoms with van der Waals surface area (Å²) in [5.41, 5.74) is 0.956. The van der Waals surface area contributed by atoms with Gasteiger partial charge in [-0.25, -0.2) is 0 Å². The molecule has 1 aromatic carbocycles. The fourth-order valence-corrected chi connectivity index (χ4v) is 1.97. The van der Waals surface area contributed by atoms with E-state index in [1.165, 1.54) is 0 Å². The lowest BCUT2D eigenvalue weighted by molar-refractivity contribution is -0.140. The van der Waals surface area contributed by atoms with Crippen molar-refractivity contribution in [3.05, 3.63) is 23.8 Å². The molecule has 0 aliphatic rings. The quantitative estimate of drug-likeness (QED) is 0.765. The van der Waals surface area contributed by atoms with Crippen LogP contribution in [0.3, 0.4) is 0 Å². The number of hydrogen-bond donors (Lipinski definition) is 2. The van der Waals surface area contributed by atoms with Crippen molar-refractivity contribution in [1.82, 2.24) is 5.32 Å². The highest BCUT2D eigenvalue weighted by Gasteiger charge is 2.18. The van der Waals surface area contributed by atoms with Crippen molar-refractivity contribution in [2.75, 3.05) is 14.2 Å². The SMILES string of the molecule is COc1ccc(CN[C@H](CC(C)C)C(=O)O)cc1OC. The lowest BCUT2D eigenvalue weighted by Crippen LogP contribution is -2.37. The van der Waals surface area contributed by atoms with Crippen LogP contribution in [0.5, 0.6) is 11.5 Å². The molecule has 0 fully saturated rings. The number of rotatable bonds is 8. The van der Waals surface area contributed by atoms with E-state index in [1.807, 2.05) is 32.0 Å². The first-order valence-electron chi connectivity index (χ1n) is 6.65. The fourth-order valence-electron chi connectivity index (χ4n) is 1.97. The van der Waals surface area contributed by atoms with Crippen molar-refractivity contribution >= 4 is 5.97 Å². The van der Waals surface area contributed by atoms with Gasteiger partial charge in [0.1, 0.15) is 6.04 Å². The van der Waals surface area contributed by atoms with Crippen molar-refractivity contribution in [2.45, 2.75) is 32.9 Å². The van der Waals surface area contributed by atoms with Crippen LogP contribution in [0.2, 0.25) is 0 Å². The molecule has 0 amide bonds. The Labute approximate surface area is 119 Å². The smallest absolute Gasteiger partial charge is 0.320 e. The van der Waals surface area contributed by atoms with Gasteiger partial charge >= 0.3 is 5.97 Å². The number of nitrogens with one attached hydrogen (secondary N) is 1. The van der Waals surface area contributed by atoms with Crippen molar-refractivity contribution in [1.29, 1.82) is 0 Å². The van der Waals surface area contributed by atoms with Gasteiger partial charge in [-0.2, -0.15) is 0 Å². The second-order valence-electron chi connectivity index (χ2n) is 5.09. The van der Waals surface area contributed by atoms with Gasteiger partial charge in [0.2, 0.25) is 0 Å². The summed E-state index contributed by atoms with van der Waals surface area (Å²) in [5.74, 6) is 0.809. The highest BCUT2D eigenvalue weighted by molar-refractivity contribution is 5.73. The van der Waals surface area contributed by atoms with Gasteiger partial charge in [0.15, 0.2) is 11.5 Å². The largest absolute Gasteiger partial charge is 0.493 e. The number of aliphatic carboxylic acids is 1. The lowest BCUT2D eigenvalue weighted by Gasteiger charge is -2.17. The zero-order valence-corrected chi connectivity index (χ0v) is 12.5. The van der Waals surface area contributed by atoms with Crippen molar-refractivity contribution < 1.29 is 19.4 Å². The molecule has 112 valence electrons. The van der Waals surface area contributed by atoms with Gasteiger partial charge in [-0.05, 0) is 30.0 Å². The summed E-state index contributed by atoms with van der Waals surface area (Å²) in [6.07, 6.45) is 0.600. The first-order valence-corrected chi connectivity index (χ1v) is 6.65. The average molecular weight is 281 g/mol. The molecule has 0 saturated heterocycles. The third kappa shape index (κ3) is 4.74. The van der Waals surface area contributed by atoms with E-state index in [2.05, 4.69) is 5.32 Å². The summed E-state index contributed by atoms with van der Waals surface area (Å²) in [4.78, 5) is 11.2. The minimum Gasteiger partial charge on any atom is -0.493 e. The van der Waals surface area contributed by atoms with E-state index >= 15 is 0 Å². The highest BCUT2D eigenvalue weighted by atomic mass is 16.5. The molecular weight excluding hydrogens is 258 g/mol. The maximum Gasteiger partial charge on any atom is 0.320 e. The molecule has 0 aromatic heterocycles. The molecule has 5 nitrogen and oxygen atoms in total. The molecule has 0 bridgehead atoms. The van der Waals surface area contributed by atoms with Gasteiger partial charge in [-0.3, -0.25) is 4.79 Å². The Bertz CT molecular complexity index is 445. The number of hydrogen-bond acceptors (Lipinski definition) is 4. The van der Waals surface area contributed by atoms with Gasteiger partial charge in [-0.1, -0.05) is 19.9 Å². The zero-order chi connectivity index (χ0) is 15.1. The van der Waals surface area contributed by atoms with E-state index in [9.17, 15) is 9.90 Å². The minimum atomic E-state index is -0.820. The molecule has 0 spiro atoms. The monoisotopic (exact) mass is 281 g/mol. The summed E-state index contributed by atoms with van der Waals surface area (Å²) >= 11 is 0. The number of methoxy groups -OCH3 is 2. The molecule has 0 saturated carbocycles. The molecule has 0 radical (unpaired) electrons. The molecule has 5 heteroatoms. The Hall–Kier alpha value is -1.75. The number of carboxylic acids is 1. The van der Waals surface area contributed by atoms with Crippen LogP contribution < -0.4 is 14.8 Å². The molecule has 2 N–H and O–H groups in total. The van der Waals surface area contributed by atoms with E-state index in [0.717, 1.165) is 5.56 Å². The molecule has 1 atom stereocenters. The average Bonchev–Trinajstić information content (AvgIpc) is 2.42. The predicted octanol–water partition coefficient (Wildman–Crippen LogP) is 2.29. The molecule has 0 aliphatic heterocycles. The fraction of sp³-hybridized carbons (Fsp3) is 0.533. The van der Waals surface area contributed by atoms with Gasteiger partial charge in [0.05, 0.1) is 14.2 Å². The predicted molar refractivity (Wildman–Crippen MR) is 77.3 cm³/mol. The Morgan fingerprint density at radius 1 is 1.25 bits per heavy atom. The van der Waals surface area contributed by atoms with Gasteiger partial charge < -0.3 is 19.9 Å². The number of benzene rings is 1. The van der Waals surface area contributed by atoms with Crippen LogP contribution in [-0.4, -0.2) is 31.3 Å². The number of carboxylic acid groups (broad SMARTS) is 1. The van der Waals surface area contributed by atoms with Crippen molar-refractivity contribution in [3.63, 3.8) is 0 Å². The maximum atomic E-state index is 11.2. The Kier molecular flexibility index (Phi) is 6.31. The standard InChI is InChI=1S/C15H23NO4/c1-10(2)7-12(15(17)18)16-9-11-5-6-13(19-3)14(8-11)20-4/h5-6,8,10,12,16H,7,9H2,1-4H3,(H,17,18)/t12-/m1/s1. The molecule has 0 unspecified atom stereocenters. The van der Waals surface area contributed by atoms with Crippen LogP contribution in [0.1, 0.15) is 25.8 Å². The second-order valence-corrected chi connectivity index (χ2v) is 5.09. The van der Waals surface area contributed by atoms with Crippen molar-refractivity contribution in [3.8, 4) is 11.5 Å². The van der Waals surface area contributed by atoms with Crippen LogP contribution in [0.4, 0.5) is 0 Å². The van der Waals surface area contributed by atoms with E-state index in [1.54, 1.807) is 14.2 Å². The molecule has 0 heterocycles. The highest BCUT2D eigenvalue weighted by Crippen LogP contribution is 2.27. The first-order chi connectivity index (χ1) is 9.47. The van der Waals surface area contributed by atoms with Crippen LogP contribution >= 0.6 is 0 Å². The van der Waals surface area contributed by atoms with Gasteiger partial charge in [-0.15, -0.1) is 0 Å². The third-order valence-corrected chi connectivity index (χ3v) is 3.01. The van der Waals surface area contributed by atoms with Crippen LogP contribution in [0, 0.1) is 5.92 Å². The Balaban J connectivity index is 2.70. The summed E-state index contributed by atoms with van der Waals surface area (Å²) in [6, 6.07) is 5.01. The summed E-state index contributed by atoms with van der Waals surface area (Å²) in [5, 5.41) is 12.2. The van der Waals surface area contributed by atoms with Crippen molar-refractivity contribution in [2.24, 2.45) is 5.92 Å². The van der Waals surface area contributed by atoms with Gasteiger partial charge in [0, 0.05) is 6.54 Å². The van der Waals surface area contributed by atoms with E-state index in [0.29, 0.717) is 30.4 Å². The minimum absolute atomic E-state index is 0.328. The molecular formula is C15H23NO4. The van der Waals surface area contributed by atoms with E-state index in [4.69, 9.17) is 9.47 Å². The maximum absolute atomic E-state index is 11.2. The Morgan fingerprint density at radius 2 is 1.90 bits per heavy atom. The normalized spacial score (nSPS) is 12.2. The van der Waals surface area contributed by atoms with Crippen LogP contribution in [0.25, 0.3) is 0 Å². The summed E-state index contributed by atoms with van der Waals surface area (Å²) in [6.45, 7) is 4.49. The topological polar surface area (TPSA) is 67.8 Å². The summed E-state index contributed by atoms with van der Waals surface area (Å²) < 4.78 is 10.4. The number of carbonyl (C=O) groups is 1. The third-order valence-electron chi connectivity index (χ3n) is 3.01. The van der Waals surface area contributed by atoms with E-state index < -0.39 is 12.0 Å². The molecule has 1 rings (SSSR count). The zero-order valence-electron chi connectivity index (χ0n) is 12.5. The summed E-state index contributed by atoms with van der Waals surface area (Å²) in [7, 11) is 3.16. The molecule has 0 aliphatic carbocycles. The number of ether oxygens (including phenoxy) is 2. The van der Waals surface area contributed by atoms with E-state index in [-0.39, 0.29) is 0 Å². The van der Waals surface area contributed by atoms with Crippen LogP contribution in [0.15, 0.2) is 18.2 Å². The Morgan fingerprint density at radius 3 is 2.40 bits per heavy atom. The molecule has 1 aromatic rings. The lowest BCUT2D eigenvalue weighted by atomic mass is 10.0.